The van der Waals surface area contributed by atoms with Crippen LogP contribution in [0.4, 0.5) is 11.4 Å². The van der Waals surface area contributed by atoms with Crippen molar-refractivity contribution in [3.63, 3.8) is 0 Å². The summed E-state index contributed by atoms with van der Waals surface area (Å²) in [6.45, 7) is 0. The average molecular weight is 383 g/mol. The summed E-state index contributed by atoms with van der Waals surface area (Å²) in [5.74, 6) is -0.318. The molecule has 1 aromatic heterocycles. The van der Waals surface area contributed by atoms with Crippen molar-refractivity contribution >= 4 is 34.6 Å². The molecule has 3 rings (SSSR count). The van der Waals surface area contributed by atoms with Crippen LogP contribution in [0.15, 0.2) is 65.1 Å². The fourth-order valence-electron chi connectivity index (χ4n) is 2.29. The van der Waals surface area contributed by atoms with Gasteiger partial charge in [0.15, 0.2) is 10.9 Å². The van der Waals surface area contributed by atoms with Gasteiger partial charge < -0.3 is 14.8 Å². The summed E-state index contributed by atoms with van der Waals surface area (Å²) in [7, 11) is 0. The maximum absolute atomic E-state index is 12.2. The van der Waals surface area contributed by atoms with Crippen LogP contribution in [0.25, 0.3) is 11.3 Å². The van der Waals surface area contributed by atoms with Crippen molar-refractivity contribution in [2.45, 2.75) is 0 Å². The standard InChI is InChI=1S/C18H13N3O5S/c22-14-7-2-1-6-13(14)19-18(27)20-17(23)16-9-8-15(26-16)11-4-3-5-12(10-11)21(24)25/h1-10,22H,(H2,19,20,23,27). The number of aromatic hydroxyl groups is 1. The Balaban J connectivity index is 1.70. The Labute approximate surface area is 158 Å². The van der Waals surface area contributed by atoms with Gasteiger partial charge >= 0.3 is 0 Å². The van der Waals surface area contributed by atoms with Crippen LogP contribution in [0.1, 0.15) is 10.6 Å². The van der Waals surface area contributed by atoms with Crippen molar-refractivity contribution in [3.05, 3.63) is 76.5 Å². The molecule has 0 unspecified atom stereocenters. The van der Waals surface area contributed by atoms with E-state index in [2.05, 4.69) is 10.6 Å². The number of benzene rings is 2. The Morgan fingerprint density at radius 2 is 1.89 bits per heavy atom. The van der Waals surface area contributed by atoms with Crippen molar-refractivity contribution in [2.75, 3.05) is 5.32 Å². The Kier molecular flexibility index (Phi) is 5.13. The topological polar surface area (TPSA) is 118 Å². The van der Waals surface area contributed by atoms with E-state index < -0.39 is 10.8 Å². The third kappa shape index (κ3) is 4.28. The van der Waals surface area contributed by atoms with Gasteiger partial charge in [-0.25, -0.2) is 0 Å². The van der Waals surface area contributed by atoms with Crippen molar-refractivity contribution in [1.82, 2.24) is 5.32 Å². The molecule has 8 nitrogen and oxygen atoms in total. The van der Waals surface area contributed by atoms with Gasteiger partial charge in [-0.1, -0.05) is 24.3 Å². The number of anilines is 1. The van der Waals surface area contributed by atoms with Crippen LogP contribution < -0.4 is 10.6 Å². The van der Waals surface area contributed by atoms with Gasteiger partial charge in [-0.05, 0) is 36.5 Å². The number of hydrogen-bond donors (Lipinski definition) is 3. The number of nitrogens with zero attached hydrogens (tertiary/aromatic N) is 1. The van der Waals surface area contributed by atoms with E-state index in [0.29, 0.717) is 17.0 Å². The van der Waals surface area contributed by atoms with Crippen LogP contribution >= 0.6 is 12.2 Å². The number of thiocarbonyl (C=S) groups is 1. The lowest BCUT2D eigenvalue weighted by atomic mass is 10.1. The van der Waals surface area contributed by atoms with Gasteiger partial charge in [-0.2, -0.15) is 0 Å². The number of para-hydroxylation sites is 2. The number of phenols is 1. The summed E-state index contributed by atoms with van der Waals surface area (Å²) in [5, 5.41) is 25.7. The first-order chi connectivity index (χ1) is 12.9. The minimum absolute atomic E-state index is 0.0138. The van der Waals surface area contributed by atoms with Crippen LogP contribution in [0, 0.1) is 10.1 Å². The summed E-state index contributed by atoms with van der Waals surface area (Å²) in [6.07, 6.45) is 0. The van der Waals surface area contributed by atoms with Gasteiger partial charge in [0.1, 0.15) is 11.5 Å². The molecule has 1 amide bonds. The summed E-state index contributed by atoms with van der Waals surface area (Å²) in [4.78, 5) is 22.6. The smallest absolute Gasteiger partial charge is 0.293 e. The number of nitrogens with one attached hydrogen (secondary N) is 2. The molecule has 0 atom stereocenters. The molecule has 136 valence electrons. The summed E-state index contributed by atoms with van der Waals surface area (Å²) < 4.78 is 5.47. The first-order valence-electron chi connectivity index (χ1n) is 7.69. The molecular weight excluding hydrogens is 370 g/mol. The second-order valence-electron chi connectivity index (χ2n) is 5.40. The molecule has 3 aromatic rings. The fourth-order valence-corrected chi connectivity index (χ4v) is 2.49. The quantitative estimate of drug-likeness (QED) is 0.272. The van der Waals surface area contributed by atoms with E-state index in [1.165, 1.54) is 36.4 Å². The molecule has 27 heavy (non-hydrogen) atoms. The van der Waals surface area contributed by atoms with Gasteiger partial charge in [-0.15, -0.1) is 0 Å². The zero-order chi connectivity index (χ0) is 19.4. The number of nitro groups is 1. The van der Waals surface area contributed by atoms with E-state index in [4.69, 9.17) is 16.6 Å². The zero-order valence-corrected chi connectivity index (χ0v) is 14.5. The maximum atomic E-state index is 12.2. The zero-order valence-electron chi connectivity index (χ0n) is 13.7. The van der Waals surface area contributed by atoms with Gasteiger partial charge in [0.05, 0.1) is 10.6 Å². The highest BCUT2D eigenvalue weighted by molar-refractivity contribution is 7.80. The minimum Gasteiger partial charge on any atom is -0.506 e. The number of rotatable bonds is 4. The largest absolute Gasteiger partial charge is 0.506 e. The number of carbonyl (C=O) groups is 1. The predicted molar refractivity (Wildman–Crippen MR) is 103 cm³/mol. The Morgan fingerprint density at radius 1 is 1.11 bits per heavy atom. The molecule has 2 aromatic carbocycles. The number of furan rings is 1. The molecule has 0 fully saturated rings. The van der Waals surface area contributed by atoms with Crippen molar-refractivity contribution in [3.8, 4) is 17.1 Å². The highest BCUT2D eigenvalue weighted by Gasteiger charge is 2.15. The van der Waals surface area contributed by atoms with E-state index in [1.54, 1.807) is 24.3 Å². The highest BCUT2D eigenvalue weighted by Crippen LogP contribution is 2.26. The molecule has 0 saturated carbocycles. The average Bonchev–Trinajstić information content (AvgIpc) is 3.14. The molecular formula is C18H13N3O5S. The van der Waals surface area contributed by atoms with Crippen LogP contribution in [-0.4, -0.2) is 21.0 Å². The molecule has 0 aliphatic carbocycles. The number of hydrogen-bond acceptors (Lipinski definition) is 6. The van der Waals surface area contributed by atoms with Gasteiger partial charge in [0.2, 0.25) is 0 Å². The van der Waals surface area contributed by atoms with Gasteiger partial charge in [0, 0.05) is 17.7 Å². The molecule has 9 heteroatoms. The van der Waals surface area contributed by atoms with E-state index in [1.807, 2.05) is 0 Å². The first kappa shape index (κ1) is 18.1. The van der Waals surface area contributed by atoms with E-state index in [-0.39, 0.29) is 22.3 Å². The number of phenolic OH excluding ortho intramolecular Hbond substituents is 1. The summed E-state index contributed by atoms with van der Waals surface area (Å²) in [5.41, 5.74) is 0.737. The van der Waals surface area contributed by atoms with Crippen LogP contribution in [0.2, 0.25) is 0 Å². The molecule has 0 aliphatic rings. The Morgan fingerprint density at radius 3 is 2.63 bits per heavy atom. The lowest BCUT2D eigenvalue weighted by Gasteiger charge is -2.09. The highest BCUT2D eigenvalue weighted by atomic mass is 32.1. The minimum atomic E-state index is -0.598. The lowest BCUT2D eigenvalue weighted by molar-refractivity contribution is -0.384. The monoisotopic (exact) mass is 383 g/mol. The third-order valence-electron chi connectivity index (χ3n) is 3.55. The Hall–Kier alpha value is -3.72. The molecule has 1 heterocycles. The lowest BCUT2D eigenvalue weighted by Crippen LogP contribution is -2.33. The number of amides is 1. The van der Waals surface area contributed by atoms with Gasteiger partial charge in [0.25, 0.3) is 11.6 Å². The SMILES string of the molecule is O=C(NC(=S)Nc1ccccc1O)c1ccc(-c2cccc([N+](=O)[O-])c2)o1. The summed E-state index contributed by atoms with van der Waals surface area (Å²) in [6, 6.07) is 15.3. The first-order valence-corrected chi connectivity index (χ1v) is 8.10. The Bertz CT molecular complexity index is 1030. The van der Waals surface area contributed by atoms with Crippen LogP contribution in [-0.2, 0) is 0 Å². The molecule has 0 radical (unpaired) electrons. The van der Waals surface area contributed by atoms with E-state index in [9.17, 15) is 20.0 Å². The maximum Gasteiger partial charge on any atom is 0.293 e. The van der Waals surface area contributed by atoms with Crippen LogP contribution in [0.5, 0.6) is 5.75 Å². The van der Waals surface area contributed by atoms with Crippen LogP contribution in [0.3, 0.4) is 0 Å². The van der Waals surface area contributed by atoms with Crippen molar-refractivity contribution in [2.24, 2.45) is 0 Å². The number of nitro benzene ring substituents is 1. The van der Waals surface area contributed by atoms with Crippen molar-refractivity contribution in [1.29, 1.82) is 0 Å². The second-order valence-corrected chi connectivity index (χ2v) is 5.80. The van der Waals surface area contributed by atoms with Gasteiger partial charge in [-0.3, -0.25) is 20.2 Å². The molecule has 3 N–H and O–H groups in total. The molecule has 0 bridgehead atoms. The number of carbonyl (C=O) groups excluding carboxylic acids is 1. The third-order valence-corrected chi connectivity index (χ3v) is 3.75. The molecule has 0 spiro atoms. The second kappa shape index (κ2) is 7.67. The van der Waals surface area contributed by atoms with E-state index in [0.717, 1.165) is 0 Å². The summed E-state index contributed by atoms with van der Waals surface area (Å²) >= 11 is 5.05. The molecule has 0 aliphatic heterocycles. The normalized spacial score (nSPS) is 10.2. The van der Waals surface area contributed by atoms with E-state index >= 15 is 0 Å². The van der Waals surface area contributed by atoms with Crippen molar-refractivity contribution < 1.29 is 19.2 Å². The molecule has 0 saturated heterocycles. The fraction of sp³-hybridized carbons (Fsp3) is 0. The number of non-ortho nitro benzene ring substituents is 1. The predicted octanol–water partition coefficient (Wildman–Crippen LogP) is 3.69.